The van der Waals surface area contributed by atoms with Crippen molar-refractivity contribution in [2.24, 2.45) is 0 Å². The molecule has 0 aliphatic rings. The molecule has 3 N–H and O–H groups in total. The molecule has 0 bridgehead atoms. The summed E-state index contributed by atoms with van der Waals surface area (Å²) in [5.74, 6) is -0.342. The molecule has 0 saturated carbocycles. The minimum Gasteiger partial charge on any atom is -0.480 e. The first-order valence-electron chi connectivity index (χ1n) is 6.13. The van der Waals surface area contributed by atoms with Gasteiger partial charge < -0.3 is 15.7 Å². The van der Waals surface area contributed by atoms with Gasteiger partial charge in [0.2, 0.25) is 12.3 Å². The molecule has 0 radical (unpaired) electrons. The van der Waals surface area contributed by atoms with E-state index < -0.39 is 12.0 Å². The van der Waals surface area contributed by atoms with Gasteiger partial charge in [0.1, 0.15) is 6.04 Å². The summed E-state index contributed by atoms with van der Waals surface area (Å²) < 4.78 is 0. The molecule has 0 aliphatic heterocycles. The second-order valence-electron chi connectivity index (χ2n) is 4.80. The van der Waals surface area contributed by atoms with Crippen LogP contribution in [0.25, 0.3) is 0 Å². The minimum atomic E-state index is -1.07. The number of rotatable bonds is 10. The van der Waals surface area contributed by atoms with Crippen molar-refractivity contribution >= 4 is 30.0 Å². The van der Waals surface area contributed by atoms with Crippen LogP contribution < -0.4 is 10.6 Å². The average molecular weight is 290 g/mol. The Morgan fingerprint density at radius 1 is 1.42 bits per heavy atom. The number of nitrogens with one attached hydrogen (secondary N) is 2. The maximum absolute atomic E-state index is 11.6. The molecule has 0 aromatic heterocycles. The molecule has 0 saturated heterocycles. The molecule has 19 heavy (non-hydrogen) atoms. The molecule has 1 unspecified atom stereocenters. The fraction of sp³-hybridized carbons (Fsp3) is 0.750. The van der Waals surface area contributed by atoms with E-state index in [1.54, 1.807) is 0 Å². The summed E-state index contributed by atoms with van der Waals surface area (Å²) in [6.45, 7) is 5.89. The number of carbonyl (C=O) groups excluding carboxylic acids is 2. The number of carbonyl (C=O) groups is 3. The van der Waals surface area contributed by atoms with Gasteiger partial charge in [-0.25, -0.2) is 4.79 Å². The Morgan fingerprint density at radius 2 is 2.05 bits per heavy atom. The highest BCUT2D eigenvalue weighted by molar-refractivity contribution is 7.99. The van der Waals surface area contributed by atoms with Crippen molar-refractivity contribution < 1.29 is 19.5 Å². The van der Waals surface area contributed by atoms with Crippen LogP contribution in [0.4, 0.5) is 0 Å². The van der Waals surface area contributed by atoms with Crippen LogP contribution in [0.1, 0.15) is 33.6 Å². The number of hydrogen-bond donors (Lipinski definition) is 3. The second-order valence-corrected chi connectivity index (χ2v) is 5.91. The van der Waals surface area contributed by atoms with Gasteiger partial charge in [0, 0.05) is 5.54 Å². The summed E-state index contributed by atoms with van der Waals surface area (Å²) in [4.78, 5) is 32.5. The number of thioether (sulfide) groups is 1. The molecule has 110 valence electrons. The normalized spacial score (nSPS) is 12.6. The third kappa shape index (κ3) is 8.47. The second kappa shape index (κ2) is 8.79. The van der Waals surface area contributed by atoms with Gasteiger partial charge in [0.05, 0.1) is 5.75 Å². The van der Waals surface area contributed by atoms with Gasteiger partial charge in [0.25, 0.3) is 0 Å². The zero-order valence-corrected chi connectivity index (χ0v) is 12.4. The van der Waals surface area contributed by atoms with E-state index in [4.69, 9.17) is 5.11 Å². The van der Waals surface area contributed by atoms with Gasteiger partial charge in [-0.1, -0.05) is 6.92 Å². The predicted molar refractivity (Wildman–Crippen MR) is 75.1 cm³/mol. The minimum absolute atomic E-state index is 0.0629. The maximum atomic E-state index is 11.6. The van der Waals surface area contributed by atoms with Crippen molar-refractivity contribution in [2.75, 3.05) is 11.5 Å². The maximum Gasteiger partial charge on any atom is 0.326 e. The molecule has 0 aliphatic carbocycles. The highest BCUT2D eigenvalue weighted by Gasteiger charge is 2.18. The van der Waals surface area contributed by atoms with E-state index in [1.165, 1.54) is 11.8 Å². The summed E-state index contributed by atoms with van der Waals surface area (Å²) in [5.41, 5.74) is -0.222. The third-order valence-electron chi connectivity index (χ3n) is 2.71. The Balaban J connectivity index is 3.88. The van der Waals surface area contributed by atoms with Gasteiger partial charge in [0.15, 0.2) is 0 Å². The molecule has 0 aromatic carbocycles. The van der Waals surface area contributed by atoms with Crippen LogP contribution in [0, 0.1) is 0 Å². The van der Waals surface area contributed by atoms with Crippen LogP contribution in [0.2, 0.25) is 0 Å². The van der Waals surface area contributed by atoms with E-state index in [0.717, 1.165) is 6.42 Å². The fourth-order valence-corrected chi connectivity index (χ4v) is 2.03. The number of carboxylic acids is 1. The summed E-state index contributed by atoms with van der Waals surface area (Å²) in [7, 11) is 0. The lowest BCUT2D eigenvalue weighted by molar-refractivity contribution is -0.140. The first kappa shape index (κ1) is 17.8. The van der Waals surface area contributed by atoms with Gasteiger partial charge in [-0.3, -0.25) is 9.59 Å². The third-order valence-corrected chi connectivity index (χ3v) is 3.70. The van der Waals surface area contributed by atoms with Crippen molar-refractivity contribution in [2.45, 2.75) is 45.2 Å². The van der Waals surface area contributed by atoms with E-state index in [-0.39, 0.29) is 17.2 Å². The topological polar surface area (TPSA) is 95.5 Å². The quantitative estimate of drug-likeness (QED) is 0.405. The molecular formula is C12H22N2O4S. The lowest BCUT2D eigenvalue weighted by Gasteiger charge is -2.24. The molecule has 7 heteroatoms. The molecule has 0 heterocycles. The van der Waals surface area contributed by atoms with Crippen LogP contribution in [0.3, 0.4) is 0 Å². The van der Waals surface area contributed by atoms with E-state index in [2.05, 4.69) is 10.6 Å². The Morgan fingerprint density at radius 3 is 2.53 bits per heavy atom. The summed E-state index contributed by atoms with van der Waals surface area (Å²) in [5, 5.41) is 13.9. The number of carboxylic acid groups (broad SMARTS) is 1. The smallest absolute Gasteiger partial charge is 0.326 e. The Kier molecular flexibility index (Phi) is 8.22. The summed E-state index contributed by atoms with van der Waals surface area (Å²) in [6.07, 6.45) is 1.51. The average Bonchev–Trinajstić information content (AvgIpc) is 2.32. The molecule has 0 aromatic rings. The molecule has 6 nitrogen and oxygen atoms in total. The Bertz CT molecular complexity index is 321. The predicted octanol–water partition coefficient (Wildman–Crippen LogP) is 0.614. The number of amides is 2. The van der Waals surface area contributed by atoms with E-state index in [0.29, 0.717) is 18.6 Å². The molecule has 1 atom stereocenters. The monoisotopic (exact) mass is 290 g/mol. The highest BCUT2D eigenvalue weighted by atomic mass is 32.2. The van der Waals surface area contributed by atoms with Gasteiger partial charge in [-0.2, -0.15) is 11.8 Å². The lowest BCUT2D eigenvalue weighted by Crippen LogP contribution is -2.43. The van der Waals surface area contributed by atoms with Gasteiger partial charge >= 0.3 is 5.97 Å². The molecule has 0 fully saturated rings. The van der Waals surface area contributed by atoms with Crippen LogP contribution in [0.5, 0.6) is 0 Å². The van der Waals surface area contributed by atoms with Crippen LogP contribution in [-0.4, -0.2) is 46.5 Å². The van der Waals surface area contributed by atoms with Gasteiger partial charge in [-0.15, -0.1) is 0 Å². The molecular weight excluding hydrogens is 268 g/mol. The first-order chi connectivity index (χ1) is 8.82. The lowest BCUT2D eigenvalue weighted by atomic mass is 10.0. The standard InChI is InChI=1S/C12H22N2O4S/c1-4-12(2,3)14-10(16)7-19-6-5-9(11(17)18)13-8-15/h8-9H,4-7H2,1-3H3,(H,13,15)(H,14,16)(H,17,18). The van der Waals surface area contributed by atoms with Crippen molar-refractivity contribution in [3.8, 4) is 0 Å². The van der Waals surface area contributed by atoms with E-state index in [9.17, 15) is 14.4 Å². The molecule has 2 amide bonds. The largest absolute Gasteiger partial charge is 0.480 e. The Hall–Kier alpha value is -1.24. The highest BCUT2D eigenvalue weighted by Crippen LogP contribution is 2.09. The van der Waals surface area contributed by atoms with E-state index >= 15 is 0 Å². The van der Waals surface area contributed by atoms with Crippen molar-refractivity contribution in [3.63, 3.8) is 0 Å². The van der Waals surface area contributed by atoms with Gasteiger partial charge in [-0.05, 0) is 32.4 Å². The fourth-order valence-electron chi connectivity index (χ4n) is 1.23. The number of aliphatic carboxylic acids is 1. The summed E-state index contributed by atoms with van der Waals surface area (Å²) in [6, 6.07) is -0.889. The molecule has 0 rings (SSSR count). The van der Waals surface area contributed by atoms with Crippen LogP contribution in [-0.2, 0) is 14.4 Å². The SMILES string of the molecule is CCC(C)(C)NC(=O)CSCCC(NC=O)C(=O)O. The van der Waals surface area contributed by atoms with Crippen molar-refractivity contribution in [1.29, 1.82) is 0 Å². The Labute approximate surface area is 117 Å². The zero-order chi connectivity index (χ0) is 14.9. The van der Waals surface area contributed by atoms with E-state index in [1.807, 2.05) is 20.8 Å². The number of hydrogen-bond acceptors (Lipinski definition) is 4. The van der Waals surface area contributed by atoms with Crippen LogP contribution >= 0.6 is 11.8 Å². The van der Waals surface area contributed by atoms with Crippen LogP contribution in [0.15, 0.2) is 0 Å². The zero-order valence-electron chi connectivity index (χ0n) is 11.6. The summed E-state index contributed by atoms with van der Waals surface area (Å²) >= 11 is 1.35. The van der Waals surface area contributed by atoms with Crippen molar-refractivity contribution in [1.82, 2.24) is 10.6 Å². The first-order valence-corrected chi connectivity index (χ1v) is 7.29. The molecule has 0 spiro atoms. The van der Waals surface area contributed by atoms with Crippen molar-refractivity contribution in [3.05, 3.63) is 0 Å².